The maximum atomic E-state index is 2.50. The third-order valence-electron chi connectivity index (χ3n) is 11.0. The molecule has 0 fully saturated rings. The first-order valence-electron chi connectivity index (χ1n) is 18.8. The first-order valence-corrected chi connectivity index (χ1v) is 19.6. The summed E-state index contributed by atoms with van der Waals surface area (Å²) in [5, 5.41) is 7.49. The highest BCUT2D eigenvalue weighted by atomic mass is 32.1. The fraction of sp³-hybridized carbons (Fsp3) is 0. The van der Waals surface area contributed by atoms with E-state index in [4.69, 9.17) is 0 Å². The third kappa shape index (κ3) is 5.16. The van der Waals surface area contributed by atoms with Crippen molar-refractivity contribution in [2.24, 2.45) is 0 Å². The van der Waals surface area contributed by atoms with Gasteiger partial charge in [0.05, 0.1) is 22.4 Å². The Labute approximate surface area is 323 Å². The highest BCUT2D eigenvalue weighted by molar-refractivity contribution is 7.26. The second-order valence-electron chi connectivity index (χ2n) is 14.1. The monoisotopic (exact) mass is 718 g/mol. The van der Waals surface area contributed by atoms with Gasteiger partial charge in [-0.2, -0.15) is 0 Å². The molecule has 0 bridgehead atoms. The standard InChI is InChI=1S/C52H34N2S/c1-3-15-37(16-4-1)42-32-33-48(51-44-21-10-12-25-49(44)55-52(42)51)54(41-30-28-36(29-31-41)39-27-26-35-14-7-8-17-38(35)34-39)47-24-13-23-46-50(47)43-20-9-11-22-45(43)53(46)40-18-5-2-6-19-40/h1-34H. The van der Waals surface area contributed by atoms with Crippen LogP contribution in [0.4, 0.5) is 17.1 Å². The van der Waals surface area contributed by atoms with Gasteiger partial charge in [0.2, 0.25) is 0 Å². The lowest BCUT2D eigenvalue weighted by molar-refractivity contribution is 1.18. The number of hydrogen-bond donors (Lipinski definition) is 0. The van der Waals surface area contributed by atoms with Gasteiger partial charge in [0.1, 0.15) is 0 Å². The summed E-state index contributed by atoms with van der Waals surface area (Å²) in [4.78, 5) is 2.50. The van der Waals surface area contributed by atoms with Crippen LogP contribution in [0.2, 0.25) is 0 Å². The summed E-state index contributed by atoms with van der Waals surface area (Å²) in [5.74, 6) is 0. The summed E-state index contributed by atoms with van der Waals surface area (Å²) < 4.78 is 4.98. The minimum atomic E-state index is 1.11. The zero-order chi connectivity index (χ0) is 36.3. The molecule has 0 saturated heterocycles. The molecule has 3 heteroatoms. The number of anilines is 3. The van der Waals surface area contributed by atoms with Gasteiger partial charge in [0, 0.05) is 42.3 Å². The number of thiophene rings is 1. The van der Waals surface area contributed by atoms with Crippen molar-refractivity contribution in [1.29, 1.82) is 0 Å². The van der Waals surface area contributed by atoms with E-state index in [1.165, 1.54) is 75.0 Å². The van der Waals surface area contributed by atoms with Gasteiger partial charge in [-0.05, 0) is 93.7 Å². The van der Waals surface area contributed by atoms with Gasteiger partial charge in [0.15, 0.2) is 0 Å². The third-order valence-corrected chi connectivity index (χ3v) is 12.2. The van der Waals surface area contributed by atoms with Crippen LogP contribution >= 0.6 is 11.3 Å². The summed E-state index contributed by atoms with van der Waals surface area (Å²) in [6.07, 6.45) is 0. The molecule has 0 amide bonds. The lowest BCUT2D eigenvalue weighted by Crippen LogP contribution is -2.11. The van der Waals surface area contributed by atoms with Crippen LogP contribution in [-0.2, 0) is 0 Å². The molecule has 0 spiro atoms. The van der Waals surface area contributed by atoms with Crippen molar-refractivity contribution in [2.45, 2.75) is 0 Å². The van der Waals surface area contributed by atoms with Crippen LogP contribution in [0.1, 0.15) is 0 Å². The molecule has 2 heterocycles. The van der Waals surface area contributed by atoms with Crippen LogP contribution in [0.15, 0.2) is 206 Å². The number of nitrogens with zero attached hydrogens (tertiary/aromatic N) is 2. The molecule has 0 radical (unpaired) electrons. The maximum absolute atomic E-state index is 2.50. The Hall–Kier alpha value is -6.94. The number of hydrogen-bond acceptors (Lipinski definition) is 2. The van der Waals surface area contributed by atoms with E-state index in [0.29, 0.717) is 0 Å². The van der Waals surface area contributed by atoms with Crippen LogP contribution in [0.5, 0.6) is 0 Å². The lowest BCUT2D eigenvalue weighted by atomic mass is 9.99. The Morgan fingerprint density at radius 2 is 1.05 bits per heavy atom. The Kier molecular flexibility index (Phi) is 7.39. The normalized spacial score (nSPS) is 11.6. The molecule has 0 saturated carbocycles. The van der Waals surface area contributed by atoms with E-state index in [-0.39, 0.29) is 0 Å². The molecule has 2 aromatic heterocycles. The minimum Gasteiger partial charge on any atom is -0.309 e. The van der Waals surface area contributed by atoms with E-state index < -0.39 is 0 Å². The summed E-state index contributed by atoms with van der Waals surface area (Å²) in [6, 6.07) is 75.2. The fourth-order valence-corrected chi connectivity index (χ4v) is 9.72. The highest BCUT2D eigenvalue weighted by Gasteiger charge is 2.24. The van der Waals surface area contributed by atoms with Crippen molar-refractivity contribution in [3.63, 3.8) is 0 Å². The van der Waals surface area contributed by atoms with Crippen LogP contribution in [-0.4, -0.2) is 4.57 Å². The van der Waals surface area contributed by atoms with Crippen LogP contribution in [0.3, 0.4) is 0 Å². The molecule has 0 aliphatic heterocycles. The topological polar surface area (TPSA) is 8.17 Å². The van der Waals surface area contributed by atoms with Crippen molar-refractivity contribution in [1.82, 2.24) is 4.57 Å². The molecular weight excluding hydrogens is 685 g/mol. The second-order valence-corrected chi connectivity index (χ2v) is 15.2. The maximum Gasteiger partial charge on any atom is 0.0562 e. The summed E-state index contributed by atoms with van der Waals surface area (Å²) in [7, 11) is 0. The minimum absolute atomic E-state index is 1.11. The quantitative estimate of drug-likeness (QED) is 0.166. The van der Waals surface area contributed by atoms with Gasteiger partial charge >= 0.3 is 0 Å². The van der Waals surface area contributed by atoms with Crippen LogP contribution < -0.4 is 4.90 Å². The smallest absolute Gasteiger partial charge is 0.0562 e. The van der Waals surface area contributed by atoms with E-state index in [2.05, 4.69) is 216 Å². The SMILES string of the molecule is c1ccc(-c2ccc(N(c3ccc(-c4ccc5ccccc5c4)cc3)c3cccc4c3c3ccccc3n4-c3ccccc3)c3c2sc2ccccc23)cc1. The molecule has 0 aliphatic carbocycles. The number of para-hydroxylation sites is 2. The number of benzene rings is 9. The van der Waals surface area contributed by atoms with Gasteiger partial charge in [-0.25, -0.2) is 0 Å². The van der Waals surface area contributed by atoms with E-state index >= 15 is 0 Å². The lowest BCUT2D eigenvalue weighted by Gasteiger charge is -2.28. The Balaban J connectivity index is 1.20. The summed E-state index contributed by atoms with van der Waals surface area (Å²) >= 11 is 1.88. The predicted octanol–water partition coefficient (Wildman–Crippen LogP) is 15.1. The molecule has 0 N–H and O–H groups in total. The van der Waals surface area contributed by atoms with Crippen molar-refractivity contribution in [2.75, 3.05) is 4.90 Å². The van der Waals surface area contributed by atoms with Gasteiger partial charge < -0.3 is 9.47 Å². The van der Waals surface area contributed by atoms with Crippen molar-refractivity contribution >= 4 is 81.1 Å². The Bertz CT molecular complexity index is 3180. The first-order chi connectivity index (χ1) is 27.3. The van der Waals surface area contributed by atoms with Crippen molar-refractivity contribution in [3.8, 4) is 27.9 Å². The number of aromatic nitrogens is 1. The molecule has 55 heavy (non-hydrogen) atoms. The second kappa shape index (κ2) is 12.9. The van der Waals surface area contributed by atoms with Gasteiger partial charge in [-0.15, -0.1) is 11.3 Å². The van der Waals surface area contributed by atoms with E-state index in [9.17, 15) is 0 Å². The van der Waals surface area contributed by atoms with E-state index in [1.807, 2.05) is 11.3 Å². The molecule has 9 aromatic carbocycles. The average Bonchev–Trinajstić information content (AvgIpc) is 3.82. The Morgan fingerprint density at radius 1 is 0.400 bits per heavy atom. The number of fused-ring (bicyclic) bond motifs is 7. The fourth-order valence-electron chi connectivity index (χ4n) is 8.46. The van der Waals surface area contributed by atoms with Crippen LogP contribution in [0.25, 0.3) is 80.7 Å². The first kappa shape index (κ1) is 31.6. The highest BCUT2D eigenvalue weighted by Crippen LogP contribution is 2.50. The predicted molar refractivity (Wildman–Crippen MR) is 237 cm³/mol. The zero-order valence-electron chi connectivity index (χ0n) is 29.9. The summed E-state index contributed by atoms with van der Waals surface area (Å²) in [5.41, 5.74) is 11.8. The Morgan fingerprint density at radius 3 is 1.89 bits per heavy atom. The van der Waals surface area contributed by atoms with Crippen LogP contribution in [0, 0.1) is 0 Å². The molecular formula is C52H34N2S. The van der Waals surface area contributed by atoms with E-state index in [0.717, 1.165) is 22.7 Å². The molecule has 258 valence electrons. The average molecular weight is 719 g/mol. The largest absolute Gasteiger partial charge is 0.309 e. The molecule has 11 rings (SSSR count). The molecule has 2 nitrogen and oxygen atoms in total. The molecule has 0 atom stereocenters. The van der Waals surface area contributed by atoms with Crippen molar-refractivity contribution in [3.05, 3.63) is 206 Å². The van der Waals surface area contributed by atoms with Gasteiger partial charge in [-0.3, -0.25) is 0 Å². The van der Waals surface area contributed by atoms with E-state index in [1.54, 1.807) is 0 Å². The van der Waals surface area contributed by atoms with Gasteiger partial charge in [-0.1, -0.05) is 146 Å². The molecule has 11 aromatic rings. The summed E-state index contributed by atoms with van der Waals surface area (Å²) in [6.45, 7) is 0. The van der Waals surface area contributed by atoms with Crippen molar-refractivity contribution < 1.29 is 0 Å². The zero-order valence-corrected chi connectivity index (χ0v) is 30.7. The molecule has 0 aliphatic rings. The molecule has 0 unspecified atom stereocenters. The number of rotatable bonds is 6. The van der Waals surface area contributed by atoms with Gasteiger partial charge in [0.25, 0.3) is 0 Å².